The second kappa shape index (κ2) is 8.14. The number of hydrogen-bond donors (Lipinski definition) is 1. The molecule has 4 aromatic rings. The van der Waals surface area contributed by atoms with E-state index in [-0.39, 0.29) is 12.4 Å². The first-order valence-corrected chi connectivity index (χ1v) is 11.4. The van der Waals surface area contributed by atoms with Crippen molar-refractivity contribution in [2.45, 2.75) is 0 Å². The van der Waals surface area contributed by atoms with Crippen molar-refractivity contribution in [3.05, 3.63) is 66.3 Å². The van der Waals surface area contributed by atoms with Crippen LogP contribution in [0.25, 0.3) is 16.2 Å². The van der Waals surface area contributed by atoms with Crippen LogP contribution < -0.4 is 14.2 Å². The van der Waals surface area contributed by atoms with Gasteiger partial charge in [0.05, 0.1) is 12.8 Å². The summed E-state index contributed by atoms with van der Waals surface area (Å²) in [5, 5.41) is 1.97. The maximum Gasteiger partial charge on any atom is 0.236 e. The minimum absolute atomic E-state index is 0.0468. The van der Waals surface area contributed by atoms with Gasteiger partial charge in [-0.2, -0.15) is 0 Å². The van der Waals surface area contributed by atoms with Crippen molar-refractivity contribution >= 4 is 32.0 Å². The molecule has 0 radical (unpaired) electrons. The summed E-state index contributed by atoms with van der Waals surface area (Å²) >= 11 is 1.56. The van der Waals surface area contributed by atoms with Gasteiger partial charge in [-0.25, -0.2) is 13.4 Å². The molecular formula is C20H19N3O4S2. The van der Waals surface area contributed by atoms with Crippen LogP contribution in [-0.4, -0.2) is 37.3 Å². The SMILES string of the molecule is COc1ccc(OCCS(=O)(=O)Nc2ccc(-c3cn4ccsc4n3)cc2)cc1. The molecule has 7 nitrogen and oxygen atoms in total. The fourth-order valence-corrected chi connectivity index (χ4v) is 4.35. The molecule has 0 aliphatic rings. The van der Waals surface area contributed by atoms with Crippen molar-refractivity contribution in [3.8, 4) is 22.8 Å². The Labute approximate surface area is 172 Å². The number of anilines is 1. The molecular weight excluding hydrogens is 410 g/mol. The van der Waals surface area contributed by atoms with E-state index in [0.29, 0.717) is 17.2 Å². The summed E-state index contributed by atoms with van der Waals surface area (Å²) in [5.74, 6) is 1.15. The molecule has 2 heterocycles. The van der Waals surface area contributed by atoms with Gasteiger partial charge in [0.15, 0.2) is 4.96 Å². The molecule has 0 unspecified atom stereocenters. The number of benzene rings is 2. The fourth-order valence-electron chi connectivity index (χ4n) is 2.75. The number of fused-ring (bicyclic) bond motifs is 1. The molecule has 0 bridgehead atoms. The van der Waals surface area contributed by atoms with E-state index in [1.807, 2.05) is 34.3 Å². The van der Waals surface area contributed by atoms with E-state index >= 15 is 0 Å². The van der Waals surface area contributed by atoms with Gasteiger partial charge in [0, 0.05) is 29.0 Å². The third kappa shape index (κ3) is 4.69. The molecule has 1 N–H and O–H groups in total. The monoisotopic (exact) mass is 429 g/mol. The highest BCUT2D eigenvalue weighted by molar-refractivity contribution is 7.92. The number of ether oxygens (including phenoxy) is 2. The molecule has 0 aliphatic heterocycles. The maximum atomic E-state index is 12.3. The zero-order valence-corrected chi connectivity index (χ0v) is 17.2. The standard InChI is InChI=1S/C20H19N3O4S2/c1-26-17-6-8-18(9-7-17)27-11-13-29(24,25)22-16-4-2-15(3-5-16)19-14-23-10-12-28-20(23)21-19/h2-10,12,14,22H,11,13H2,1H3. The predicted molar refractivity (Wildman–Crippen MR) is 114 cm³/mol. The van der Waals surface area contributed by atoms with Gasteiger partial charge in [0.1, 0.15) is 23.9 Å². The molecule has 0 atom stereocenters. The van der Waals surface area contributed by atoms with Crippen LogP contribution in [0, 0.1) is 0 Å². The number of sulfonamides is 1. The van der Waals surface area contributed by atoms with E-state index in [1.165, 1.54) is 0 Å². The second-order valence-electron chi connectivity index (χ2n) is 6.24. The third-order valence-electron chi connectivity index (χ3n) is 4.23. The first kappa shape index (κ1) is 19.3. The molecule has 0 spiro atoms. The highest BCUT2D eigenvalue weighted by atomic mass is 32.2. The summed E-state index contributed by atoms with van der Waals surface area (Å²) in [6.07, 6.45) is 3.90. The van der Waals surface area contributed by atoms with Crippen molar-refractivity contribution in [2.24, 2.45) is 0 Å². The topological polar surface area (TPSA) is 81.9 Å². The number of nitrogens with zero attached hydrogens (tertiary/aromatic N) is 2. The van der Waals surface area contributed by atoms with Gasteiger partial charge in [0.2, 0.25) is 10.0 Å². The van der Waals surface area contributed by atoms with E-state index < -0.39 is 10.0 Å². The Bertz CT molecular complexity index is 1170. The molecule has 0 aliphatic carbocycles. The Hall–Kier alpha value is -3.04. The van der Waals surface area contributed by atoms with Crippen molar-refractivity contribution in [1.82, 2.24) is 9.38 Å². The van der Waals surface area contributed by atoms with Gasteiger partial charge in [0.25, 0.3) is 0 Å². The number of hydrogen-bond acceptors (Lipinski definition) is 6. The van der Waals surface area contributed by atoms with Gasteiger partial charge < -0.3 is 9.47 Å². The Morgan fingerprint density at radius 3 is 2.48 bits per heavy atom. The van der Waals surface area contributed by atoms with Crippen LogP contribution in [0.15, 0.2) is 66.3 Å². The van der Waals surface area contributed by atoms with E-state index in [0.717, 1.165) is 16.2 Å². The fraction of sp³-hybridized carbons (Fsp3) is 0.150. The van der Waals surface area contributed by atoms with Gasteiger partial charge in [-0.05, 0) is 36.4 Å². The number of methoxy groups -OCH3 is 1. The number of imidazole rings is 1. The lowest BCUT2D eigenvalue weighted by Crippen LogP contribution is -2.21. The number of rotatable bonds is 8. The van der Waals surface area contributed by atoms with Crippen molar-refractivity contribution < 1.29 is 17.9 Å². The molecule has 0 saturated carbocycles. The lowest BCUT2D eigenvalue weighted by Gasteiger charge is -2.10. The van der Waals surface area contributed by atoms with Crippen LogP contribution in [0.3, 0.4) is 0 Å². The van der Waals surface area contributed by atoms with Crippen LogP contribution in [-0.2, 0) is 10.0 Å². The Balaban J connectivity index is 1.34. The third-order valence-corrected chi connectivity index (χ3v) is 6.25. The van der Waals surface area contributed by atoms with Crippen LogP contribution in [0.4, 0.5) is 5.69 Å². The van der Waals surface area contributed by atoms with Gasteiger partial charge in [-0.1, -0.05) is 12.1 Å². The highest BCUT2D eigenvalue weighted by Gasteiger charge is 2.12. The molecule has 0 amide bonds. The van der Waals surface area contributed by atoms with E-state index in [4.69, 9.17) is 9.47 Å². The van der Waals surface area contributed by atoms with Crippen molar-refractivity contribution in [1.29, 1.82) is 0 Å². The molecule has 2 aromatic heterocycles. The summed E-state index contributed by atoms with van der Waals surface area (Å²) in [6.45, 7) is 0.0468. The summed E-state index contributed by atoms with van der Waals surface area (Å²) in [4.78, 5) is 5.46. The molecule has 0 saturated heterocycles. The summed E-state index contributed by atoms with van der Waals surface area (Å²) in [5.41, 5.74) is 2.27. The smallest absolute Gasteiger partial charge is 0.236 e. The van der Waals surface area contributed by atoms with Crippen molar-refractivity contribution in [3.63, 3.8) is 0 Å². The van der Waals surface area contributed by atoms with E-state index in [1.54, 1.807) is 54.8 Å². The minimum Gasteiger partial charge on any atom is -0.497 e. The second-order valence-corrected chi connectivity index (χ2v) is 8.96. The number of thiazole rings is 1. The first-order valence-electron chi connectivity index (χ1n) is 8.82. The van der Waals surface area contributed by atoms with Gasteiger partial charge >= 0.3 is 0 Å². The average molecular weight is 430 g/mol. The molecule has 2 aromatic carbocycles. The molecule has 9 heteroatoms. The predicted octanol–water partition coefficient (Wildman–Crippen LogP) is 3.89. The first-order chi connectivity index (χ1) is 14.0. The van der Waals surface area contributed by atoms with Gasteiger partial charge in [-0.15, -0.1) is 11.3 Å². The largest absolute Gasteiger partial charge is 0.497 e. The molecule has 0 fully saturated rings. The van der Waals surface area contributed by atoms with E-state index in [2.05, 4.69) is 9.71 Å². The number of aromatic nitrogens is 2. The van der Waals surface area contributed by atoms with E-state index in [9.17, 15) is 8.42 Å². The lowest BCUT2D eigenvalue weighted by atomic mass is 10.1. The van der Waals surface area contributed by atoms with Gasteiger partial charge in [-0.3, -0.25) is 9.12 Å². The van der Waals surface area contributed by atoms with Crippen LogP contribution >= 0.6 is 11.3 Å². The Morgan fingerprint density at radius 1 is 1.07 bits per heavy atom. The summed E-state index contributed by atoms with van der Waals surface area (Å²) in [7, 11) is -1.94. The average Bonchev–Trinajstić information content (AvgIpc) is 3.31. The van der Waals surface area contributed by atoms with Crippen LogP contribution in [0.1, 0.15) is 0 Å². The van der Waals surface area contributed by atoms with Crippen molar-refractivity contribution in [2.75, 3.05) is 24.2 Å². The Morgan fingerprint density at radius 2 is 1.79 bits per heavy atom. The molecule has 150 valence electrons. The normalized spacial score (nSPS) is 11.5. The maximum absolute atomic E-state index is 12.3. The minimum atomic E-state index is -3.52. The zero-order valence-electron chi connectivity index (χ0n) is 15.6. The Kier molecular flexibility index (Phi) is 5.41. The molecule has 29 heavy (non-hydrogen) atoms. The zero-order chi connectivity index (χ0) is 20.3. The number of nitrogens with one attached hydrogen (secondary N) is 1. The summed E-state index contributed by atoms with van der Waals surface area (Å²) in [6, 6.07) is 14.1. The summed E-state index contributed by atoms with van der Waals surface area (Å²) < 4.78 is 39.7. The highest BCUT2D eigenvalue weighted by Crippen LogP contribution is 2.23. The molecule has 4 rings (SSSR count). The van der Waals surface area contributed by atoms with Crippen LogP contribution in [0.5, 0.6) is 11.5 Å². The lowest BCUT2D eigenvalue weighted by molar-refractivity contribution is 0.340. The van der Waals surface area contributed by atoms with Crippen LogP contribution in [0.2, 0.25) is 0 Å². The quantitative estimate of drug-likeness (QED) is 0.459.